The van der Waals surface area contributed by atoms with Gasteiger partial charge >= 0.3 is 0 Å². The van der Waals surface area contributed by atoms with E-state index in [2.05, 4.69) is 29.7 Å². The molecule has 2 aromatic carbocycles. The van der Waals surface area contributed by atoms with Crippen molar-refractivity contribution in [1.29, 1.82) is 0 Å². The molecule has 0 unspecified atom stereocenters. The van der Waals surface area contributed by atoms with Crippen molar-refractivity contribution in [2.45, 2.75) is 46.6 Å². The Morgan fingerprint density at radius 1 is 1.08 bits per heavy atom. The van der Waals surface area contributed by atoms with Gasteiger partial charge in [0.2, 0.25) is 5.91 Å². The Kier molecular flexibility index (Phi) is 6.68. The zero-order valence-electron chi connectivity index (χ0n) is 14.6. The Morgan fingerprint density at radius 2 is 1.71 bits per heavy atom. The van der Waals surface area contributed by atoms with Gasteiger partial charge in [-0.15, -0.1) is 0 Å². The number of hydrogen-bond donors (Lipinski definition) is 2. The van der Waals surface area contributed by atoms with E-state index >= 15 is 0 Å². The van der Waals surface area contributed by atoms with Gasteiger partial charge in [-0.05, 0) is 61.2 Å². The van der Waals surface area contributed by atoms with E-state index < -0.39 is 0 Å². The molecular weight excluding hydrogens is 320 g/mol. The van der Waals surface area contributed by atoms with Crippen LogP contribution in [0.15, 0.2) is 36.4 Å². The first-order valence-corrected chi connectivity index (χ1v) is 8.76. The number of aryl methyl sites for hydroxylation is 2. The second kappa shape index (κ2) is 8.74. The maximum absolute atomic E-state index is 12.0. The Balaban J connectivity index is 2.03. The predicted molar refractivity (Wildman–Crippen MR) is 103 cm³/mol. The third kappa shape index (κ3) is 5.27. The molecule has 0 aromatic heterocycles. The lowest BCUT2D eigenvalue weighted by atomic mass is 10.0. The number of carbonyl (C=O) groups is 1. The summed E-state index contributed by atoms with van der Waals surface area (Å²) < 4.78 is 0. The molecule has 4 heteroatoms. The number of amides is 1. The Labute approximate surface area is 149 Å². The SMILES string of the molecule is CCCCC(=O)Nc1c(C)cc(CNc2ccc(Cl)cc2)cc1C. The summed E-state index contributed by atoms with van der Waals surface area (Å²) in [6.07, 6.45) is 2.53. The molecular formula is C20H25ClN2O. The van der Waals surface area contributed by atoms with Crippen LogP contribution in [0.3, 0.4) is 0 Å². The van der Waals surface area contributed by atoms with Gasteiger partial charge in [-0.1, -0.05) is 37.1 Å². The molecule has 3 nitrogen and oxygen atoms in total. The summed E-state index contributed by atoms with van der Waals surface area (Å²) in [7, 11) is 0. The first-order chi connectivity index (χ1) is 11.5. The van der Waals surface area contributed by atoms with Gasteiger partial charge in [-0.3, -0.25) is 4.79 Å². The van der Waals surface area contributed by atoms with Crippen molar-refractivity contribution in [2.24, 2.45) is 0 Å². The normalized spacial score (nSPS) is 10.5. The molecule has 0 bridgehead atoms. The summed E-state index contributed by atoms with van der Waals surface area (Å²) in [5.74, 6) is 0.0927. The van der Waals surface area contributed by atoms with Gasteiger partial charge < -0.3 is 10.6 Å². The van der Waals surface area contributed by atoms with Crippen LogP contribution in [0.1, 0.15) is 42.9 Å². The number of nitrogens with one attached hydrogen (secondary N) is 2. The van der Waals surface area contributed by atoms with Crippen molar-refractivity contribution >= 4 is 28.9 Å². The molecule has 2 N–H and O–H groups in total. The Hall–Kier alpha value is -2.00. The Bertz CT molecular complexity index is 672. The van der Waals surface area contributed by atoms with E-state index in [9.17, 15) is 4.79 Å². The van der Waals surface area contributed by atoms with Crippen LogP contribution >= 0.6 is 11.6 Å². The quantitative estimate of drug-likeness (QED) is 0.676. The number of carbonyl (C=O) groups excluding carboxylic acids is 1. The van der Waals surface area contributed by atoms with Gasteiger partial charge in [-0.2, -0.15) is 0 Å². The molecule has 0 aliphatic heterocycles. The van der Waals surface area contributed by atoms with Crippen molar-refractivity contribution in [3.63, 3.8) is 0 Å². The topological polar surface area (TPSA) is 41.1 Å². The lowest BCUT2D eigenvalue weighted by molar-refractivity contribution is -0.116. The molecule has 0 heterocycles. The number of anilines is 2. The molecule has 24 heavy (non-hydrogen) atoms. The van der Waals surface area contributed by atoms with Crippen LogP contribution in [-0.4, -0.2) is 5.91 Å². The fraction of sp³-hybridized carbons (Fsp3) is 0.350. The van der Waals surface area contributed by atoms with Crippen LogP contribution in [0.25, 0.3) is 0 Å². The third-order valence-electron chi connectivity index (χ3n) is 3.96. The van der Waals surface area contributed by atoms with Gasteiger partial charge in [0.25, 0.3) is 0 Å². The average molecular weight is 345 g/mol. The molecule has 0 spiro atoms. The lowest BCUT2D eigenvalue weighted by Gasteiger charge is -2.15. The number of hydrogen-bond acceptors (Lipinski definition) is 2. The molecule has 0 atom stereocenters. The Morgan fingerprint density at radius 3 is 2.29 bits per heavy atom. The summed E-state index contributed by atoms with van der Waals surface area (Å²) in [6.45, 7) is 6.89. The van der Waals surface area contributed by atoms with Crippen molar-refractivity contribution < 1.29 is 4.79 Å². The van der Waals surface area contributed by atoms with Gasteiger partial charge in [0.15, 0.2) is 0 Å². The zero-order chi connectivity index (χ0) is 17.5. The highest BCUT2D eigenvalue weighted by Gasteiger charge is 2.09. The first kappa shape index (κ1) is 18.3. The molecule has 0 saturated heterocycles. The third-order valence-corrected chi connectivity index (χ3v) is 4.21. The highest BCUT2D eigenvalue weighted by molar-refractivity contribution is 6.30. The van der Waals surface area contributed by atoms with E-state index in [1.165, 1.54) is 5.56 Å². The molecule has 1 amide bonds. The van der Waals surface area contributed by atoms with E-state index in [1.807, 2.05) is 38.1 Å². The van der Waals surface area contributed by atoms with Crippen molar-refractivity contribution in [3.05, 3.63) is 58.1 Å². The minimum atomic E-state index is 0.0927. The van der Waals surface area contributed by atoms with Crippen LogP contribution in [0.4, 0.5) is 11.4 Å². The van der Waals surface area contributed by atoms with Crippen LogP contribution in [0.5, 0.6) is 0 Å². The van der Waals surface area contributed by atoms with Gasteiger partial charge in [0.1, 0.15) is 0 Å². The number of halogens is 1. The van der Waals surface area contributed by atoms with Crippen molar-refractivity contribution in [3.8, 4) is 0 Å². The lowest BCUT2D eigenvalue weighted by Crippen LogP contribution is -2.13. The van der Waals surface area contributed by atoms with Crippen LogP contribution < -0.4 is 10.6 Å². The minimum absolute atomic E-state index is 0.0927. The summed E-state index contributed by atoms with van der Waals surface area (Å²) in [5, 5.41) is 7.16. The van der Waals surface area contributed by atoms with E-state index in [1.54, 1.807) is 0 Å². The molecule has 0 saturated carbocycles. The fourth-order valence-corrected chi connectivity index (χ4v) is 2.79. The molecule has 2 rings (SSSR count). The smallest absolute Gasteiger partial charge is 0.224 e. The average Bonchev–Trinajstić information content (AvgIpc) is 2.56. The van der Waals surface area contributed by atoms with Crippen molar-refractivity contribution in [1.82, 2.24) is 0 Å². The van der Waals surface area contributed by atoms with E-state index in [4.69, 9.17) is 11.6 Å². The van der Waals surface area contributed by atoms with Crippen molar-refractivity contribution in [2.75, 3.05) is 10.6 Å². The first-order valence-electron chi connectivity index (χ1n) is 8.39. The molecule has 0 aliphatic rings. The number of rotatable bonds is 7. The number of benzene rings is 2. The largest absolute Gasteiger partial charge is 0.381 e. The molecule has 0 radical (unpaired) electrons. The zero-order valence-corrected chi connectivity index (χ0v) is 15.3. The van der Waals surface area contributed by atoms with E-state index in [-0.39, 0.29) is 5.91 Å². The highest BCUT2D eigenvalue weighted by atomic mass is 35.5. The van der Waals surface area contributed by atoms with Crippen LogP contribution in [0.2, 0.25) is 5.02 Å². The summed E-state index contributed by atoms with van der Waals surface area (Å²) in [5.41, 5.74) is 5.34. The van der Waals surface area contributed by atoms with E-state index in [0.717, 1.165) is 46.9 Å². The second-order valence-corrected chi connectivity index (χ2v) is 6.55. The maximum atomic E-state index is 12.0. The van der Waals surface area contributed by atoms with Gasteiger partial charge in [0, 0.05) is 29.4 Å². The highest BCUT2D eigenvalue weighted by Crippen LogP contribution is 2.23. The summed E-state index contributed by atoms with van der Waals surface area (Å²) in [6, 6.07) is 11.9. The predicted octanol–water partition coefficient (Wildman–Crippen LogP) is 5.70. The molecule has 2 aromatic rings. The van der Waals surface area contributed by atoms with Gasteiger partial charge in [0.05, 0.1) is 0 Å². The molecule has 128 valence electrons. The summed E-state index contributed by atoms with van der Waals surface area (Å²) in [4.78, 5) is 12.0. The monoisotopic (exact) mass is 344 g/mol. The number of unbranched alkanes of at least 4 members (excludes halogenated alkanes) is 1. The van der Waals surface area contributed by atoms with E-state index in [0.29, 0.717) is 6.42 Å². The van der Waals surface area contributed by atoms with Gasteiger partial charge in [-0.25, -0.2) is 0 Å². The summed E-state index contributed by atoms with van der Waals surface area (Å²) >= 11 is 5.90. The van der Waals surface area contributed by atoms with Crippen LogP contribution in [-0.2, 0) is 11.3 Å². The second-order valence-electron chi connectivity index (χ2n) is 6.12. The minimum Gasteiger partial charge on any atom is -0.381 e. The molecule has 0 fully saturated rings. The van der Waals surface area contributed by atoms with Crippen LogP contribution in [0, 0.1) is 13.8 Å². The fourth-order valence-electron chi connectivity index (χ4n) is 2.66. The maximum Gasteiger partial charge on any atom is 0.224 e. The molecule has 0 aliphatic carbocycles. The standard InChI is InChI=1S/C20H25ClN2O/c1-4-5-6-19(24)23-20-14(2)11-16(12-15(20)3)13-22-18-9-7-17(21)8-10-18/h7-12,22H,4-6,13H2,1-3H3,(H,23,24).